The topological polar surface area (TPSA) is 79.7 Å². The Labute approximate surface area is 158 Å². The van der Waals surface area contributed by atoms with Gasteiger partial charge in [0.15, 0.2) is 5.82 Å². The SMILES string of the molecule is CC1CC(c2nnc(Nc3ccn(Cc4c(F)cccc4Cl)n3)s2)NN1. The Morgan fingerprint density at radius 1 is 1.35 bits per heavy atom. The number of anilines is 2. The maximum atomic E-state index is 13.9. The van der Waals surface area contributed by atoms with Gasteiger partial charge in [-0.1, -0.05) is 29.0 Å². The van der Waals surface area contributed by atoms with Gasteiger partial charge < -0.3 is 5.32 Å². The first-order valence-corrected chi connectivity index (χ1v) is 9.36. The van der Waals surface area contributed by atoms with E-state index in [2.05, 4.69) is 38.4 Å². The molecule has 2 unspecified atom stereocenters. The summed E-state index contributed by atoms with van der Waals surface area (Å²) in [5.74, 6) is 0.272. The van der Waals surface area contributed by atoms with Crippen molar-refractivity contribution in [2.75, 3.05) is 5.32 Å². The largest absolute Gasteiger partial charge is 0.313 e. The molecule has 1 aliphatic heterocycles. The monoisotopic (exact) mass is 393 g/mol. The minimum Gasteiger partial charge on any atom is -0.313 e. The molecule has 7 nitrogen and oxygen atoms in total. The minimum atomic E-state index is -0.344. The molecule has 1 aliphatic rings. The molecule has 0 spiro atoms. The molecule has 1 saturated heterocycles. The van der Waals surface area contributed by atoms with Crippen LogP contribution in [0.1, 0.15) is 30.0 Å². The van der Waals surface area contributed by atoms with Crippen LogP contribution in [-0.4, -0.2) is 26.0 Å². The quantitative estimate of drug-likeness (QED) is 0.617. The van der Waals surface area contributed by atoms with E-state index in [9.17, 15) is 4.39 Å². The third-order valence-electron chi connectivity index (χ3n) is 4.09. The van der Waals surface area contributed by atoms with E-state index in [0.29, 0.717) is 27.6 Å². The summed E-state index contributed by atoms with van der Waals surface area (Å²) in [7, 11) is 0. The third kappa shape index (κ3) is 3.70. The molecule has 0 saturated carbocycles. The fourth-order valence-corrected chi connectivity index (χ4v) is 3.81. The highest BCUT2D eigenvalue weighted by Gasteiger charge is 2.25. The van der Waals surface area contributed by atoms with Crippen LogP contribution >= 0.6 is 22.9 Å². The molecule has 3 aromatic rings. The molecule has 4 rings (SSSR count). The van der Waals surface area contributed by atoms with E-state index in [0.717, 1.165) is 11.4 Å². The maximum Gasteiger partial charge on any atom is 0.211 e. The Kier molecular flexibility index (Phi) is 4.86. The van der Waals surface area contributed by atoms with Crippen molar-refractivity contribution in [2.24, 2.45) is 0 Å². The molecule has 1 fully saturated rings. The lowest BCUT2D eigenvalue weighted by Gasteiger charge is -2.05. The van der Waals surface area contributed by atoms with Gasteiger partial charge in [-0.25, -0.2) is 9.82 Å². The van der Waals surface area contributed by atoms with Crippen LogP contribution in [0.15, 0.2) is 30.5 Å². The van der Waals surface area contributed by atoms with Crippen molar-refractivity contribution in [1.29, 1.82) is 0 Å². The Hall–Kier alpha value is -2.07. The first-order valence-electron chi connectivity index (χ1n) is 8.16. The predicted molar refractivity (Wildman–Crippen MR) is 99.0 cm³/mol. The van der Waals surface area contributed by atoms with E-state index in [-0.39, 0.29) is 18.4 Å². The summed E-state index contributed by atoms with van der Waals surface area (Å²) in [5.41, 5.74) is 6.79. The van der Waals surface area contributed by atoms with Crippen molar-refractivity contribution in [3.63, 3.8) is 0 Å². The summed E-state index contributed by atoms with van der Waals surface area (Å²) in [5, 5.41) is 17.9. The number of aromatic nitrogens is 4. The predicted octanol–water partition coefficient (Wildman–Crippen LogP) is 3.25. The van der Waals surface area contributed by atoms with E-state index in [1.54, 1.807) is 29.1 Å². The summed E-state index contributed by atoms with van der Waals surface area (Å²) in [6, 6.07) is 7.00. The van der Waals surface area contributed by atoms with Crippen molar-refractivity contribution in [1.82, 2.24) is 30.8 Å². The molecule has 1 aromatic carbocycles. The number of nitrogens with zero attached hydrogens (tertiary/aromatic N) is 4. The van der Waals surface area contributed by atoms with Crippen molar-refractivity contribution in [2.45, 2.75) is 32.0 Å². The van der Waals surface area contributed by atoms with E-state index in [4.69, 9.17) is 11.6 Å². The van der Waals surface area contributed by atoms with Gasteiger partial charge in [-0.05, 0) is 25.5 Å². The van der Waals surface area contributed by atoms with Gasteiger partial charge in [-0.3, -0.25) is 10.1 Å². The van der Waals surface area contributed by atoms with Crippen molar-refractivity contribution < 1.29 is 4.39 Å². The van der Waals surface area contributed by atoms with Gasteiger partial charge in [-0.2, -0.15) is 5.10 Å². The van der Waals surface area contributed by atoms with Crippen LogP contribution in [0.5, 0.6) is 0 Å². The van der Waals surface area contributed by atoms with Crippen LogP contribution in [0, 0.1) is 5.82 Å². The minimum absolute atomic E-state index is 0.166. The molecule has 136 valence electrons. The Morgan fingerprint density at radius 2 is 2.23 bits per heavy atom. The summed E-state index contributed by atoms with van der Waals surface area (Å²) >= 11 is 7.55. The molecule has 0 amide bonds. The lowest BCUT2D eigenvalue weighted by Crippen LogP contribution is -2.28. The van der Waals surface area contributed by atoms with Crippen LogP contribution in [0.4, 0.5) is 15.3 Å². The smallest absolute Gasteiger partial charge is 0.211 e. The third-order valence-corrected chi connectivity index (χ3v) is 5.40. The number of hydrogen-bond acceptors (Lipinski definition) is 7. The molecule has 3 heterocycles. The first kappa shape index (κ1) is 17.3. The standard InChI is InChI=1S/C16H17ClFN7S/c1-9-7-13(21-20-9)15-22-23-16(26-15)19-14-5-6-25(24-14)8-10-11(17)3-2-4-12(10)18/h2-6,9,13,20-21H,7-8H2,1H3,(H,19,23,24). The molecular formula is C16H17ClFN7S. The van der Waals surface area contributed by atoms with Gasteiger partial charge in [-0.15, -0.1) is 10.2 Å². The molecule has 0 bridgehead atoms. The molecule has 0 radical (unpaired) electrons. The van der Waals surface area contributed by atoms with Gasteiger partial charge >= 0.3 is 0 Å². The zero-order valence-corrected chi connectivity index (χ0v) is 15.5. The summed E-state index contributed by atoms with van der Waals surface area (Å²) in [4.78, 5) is 0. The van der Waals surface area contributed by atoms with E-state index >= 15 is 0 Å². The number of hydrazine groups is 1. The molecular weight excluding hydrogens is 377 g/mol. The summed E-state index contributed by atoms with van der Waals surface area (Å²) in [6.45, 7) is 2.37. The number of rotatable bonds is 5. The highest BCUT2D eigenvalue weighted by Crippen LogP contribution is 2.28. The van der Waals surface area contributed by atoms with E-state index in [1.807, 2.05) is 0 Å². The van der Waals surface area contributed by atoms with Gasteiger partial charge in [0.2, 0.25) is 5.13 Å². The Bertz CT molecular complexity index is 891. The molecule has 26 heavy (non-hydrogen) atoms. The fraction of sp³-hybridized carbons (Fsp3) is 0.312. The van der Waals surface area contributed by atoms with Crippen molar-refractivity contribution in [3.05, 3.63) is 51.9 Å². The fourth-order valence-electron chi connectivity index (χ4n) is 2.77. The molecule has 10 heteroatoms. The van der Waals surface area contributed by atoms with Crippen LogP contribution in [0.2, 0.25) is 5.02 Å². The highest BCUT2D eigenvalue weighted by atomic mass is 35.5. The van der Waals surface area contributed by atoms with Gasteiger partial charge in [0, 0.05) is 28.9 Å². The Morgan fingerprint density at radius 3 is 3.00 bits per heavy atom. The first-order chi connectivity index (χ1) is 12.6. The van der Waals surface area contributed by atoms with Crippen LogP contribution in [0.3, 0.4) is 0 Å². The van der Waals surface area contributed by atoms with Crippen molar-refractivity contribution >= 4 is 33.9 Å². The van der Waals surface area contributed by atoms with Crippen LogP contribution < -0.4 is 16.2 Å². The number of nitrogens with one attached hydrogen (secondary N) is 3. The zero-order chi connectivity index (χ0) is 18.1. The maximum absolute atomic E-state index is 13.9. The van der Waals surface area contributed by atoms with E-state index < -0.39 is 0 Å². The van der Waals surface area contributed by atoms with Crippen LogP contribution in [0.25, 0.3) is 0 Å². The molecule has 3 N–H and O–H groups in total. The van der Waals surface area contributed by atoms with Gasteiger partial charge in [0.1, 0.15) is 10.8 Å². The lowest BCUT2D eigenvalue weighted by atomic mass is 10.2. The highest BCUT2D eigenvalue weighted by molar-refractivity contribution is 7.15. The van der Waals surface area contributed by atoms with Gasteiger partial charge in [0.05, 0.1) is 12.6 Å². The zero-order valence-electron chi connectivity index (χ0n) is 13.9. The molecule has 0 aliphatic carbocycles. The summed E-state index contributed by atoms with van der Waals surface area (Å²) < 4.78 is 15.5. The molecule has 2 atom stereocenters. The average molecular weight is 394 g/mol. The number of hydrogen-bond donors (Lipinski definition) is 3. The summed E-state index contributed by atoms with van der Waals surface area (Å²) in [6.07, 6.45) is 2.73. The second kappa shape index (κ2) is 7.28. The molecule has 2 aromatic heterocycles. The van der Waals surface area contributed by atoms with Crippen LogP contribution in [-0.2, 0) is 6.54 Å². The number of halogens is 2. The Balaban J connectivity index is 1.43. The normalized spacial score (nSPS) is 19.8. The lowest BCUT2D eigenvalue weighted by molar-refractivity contribution is 0.557. The van der Waals surface area contributed by atoms with E-state index in [1.165, 1.54) is 17.4 Å². The van der Waals surface area contributed by atoms with Gasteiger partial charge in [0.25, 0.3) is 0 Å². The van der Waals surface area contributed by atoms with Crippen molar-refractivity contribution in [3.8, 4) is 0 Å². The second-order valence-corrected chi connectivity index (χ2v) is 7.56. The second-order valence-electron chi connectivity index (χ2n) is 6.15. The number of benzene rings is 1. The average Bonchev–Trinajstić information content (AvgIpc) is 3.33.